The number of unbranched alkanes of at least 4 members (excludes halogenated alkanes) is 2. The Morgan fingerprint density at radius 1 is 0.509 bits per heavy atom. The van der Waals surface area contributed by atoms with Crippen molar-refractivity contribution >= 4 is 55.4 Å². The number of H-pyrrole nitrogens is 3. The van der Waals surface area contributed by atoms with Crippen LogP contribution < -0.4 is 0 Å². The van der Waals surface area contributed by atoms with Crippen molar-refractivity contribution in [2.75, 3.05) is 0 Å². The molecule has 0 amide bonds. The summed E-state index contributed by atoms with van der Waals surface area (Å²) in [4.78, 5) is 23.6. The zero-order valence-electron chi connectivity index (χ0n) is 34.1. The Kier molecular flexibility index (Phi) is 7.67. The summed E-state index contributed by atoms with van der Waals surface area (Å²) in [6.07, 6.45) is 29.0. The van der Waals surface area contributed by atoms with Crippen molar-refractivity contribution in [1.82, 2.24) is 24.9 Å². The van der Waals surface area contributed by atoms with Gasteiger partial charge in [-0.05, 0) is 158 Å². The lowest BCUT2D eigenvalue weighted by atomic mass is 9.69. The topological polar surface area (TPSA) is 73.2 Å². The molecule has 288 valence electrons. The van der Waals surface area contributed by atoms with E-state index in [9.17, 15) is 0 Å². The predicted molar refractivity (Wildman–Crippen MR) is 237 cm³/mol. The van der Waals surface area contributed by atoms with Crippen LogP contribution in [0.1, 0.15) is 171 Å². The minimum atomic E-state index is 0.412. The van der Waals surface area contributed by atoms with Crippen molar-refractivity contribution in [3.8, 4) is 0 Å². The molecule has 11 aliphatic rings. The van der Waals surface area contributed by atoms with Gasteiger partial charge in [-0.2, -0.15) is 0 Å². The van der Waals surface area contributed by atoms with Gasteiger partial charge in [0.05, 0.1) is 28.3 Å². The maximum absolute atomic E-state index is 5.75. The highest BCUT2D eigenvalue weighted by Gasteiger charge is 2.41. The highest BCUT2D eigenvalue weighted by Crippen LogP contribution is 2.56. The van der Waals surface area contributed by atoms with Gasteiger partial charge in [-0.3, -0.25) is 0 Å². The number of aryl methyl sites for hydroxylation is 2. The van der Waals surface area contributed by atoms with Gasteiger partial charge < -0.3 is 15.0 Å². The lowest BCUT2D eigenvalue weighted by Crippen LogP contribution is -2.19. The third-order valence-corrected chi connectivity index (χ3v) is 15.4. The van der Waals surface area contributed by atoms with Crippen molar-refractivity contribution < 1.29 is 0 Å². The molecule has 57 heavy (non-hydrogen) atoms. The molecular formula is C52H55N5. The standard InChI is InChI=1S/C52H55N5/c1-5-7-9-35-27(3)37-23-43-47-31-15-19-33(20-16-31)49(47)51(56-43)52-50-34-21-17-32(18-22-34)48(50)44(57-52)24-38-28(4)36(10-8-6-2)40(54-38)26-42-46-30-13-11-29(12-14-30)45(46)41(55-42)25-39(35)53-37/h11,13,15,17,19,21,23-26,29-34,53,55-56H,5-10,12,14,16,18,20,22H2,1-4H3. The van der Waals surface area contributed by atoms with Gasteiger partial charge in [-0.15, -0.1) is 0 Å². The van der Waals surface area contributed by atoms with E-state index < -0.39 is 0 Å². The van der Waals surface area contributed by atoms with Gasteiger partial charge in [-0.25, -0.2) is 9.97 Å². The summed E-state index contributed by atoms with van der Waals surface area (Å²) >= 11 is 0. The number of hydrogen-bond acceptors (Lipinski definition) is 2. The second kappa shape index (κ2) is 12.8. The van der Waals surface area contributed by atoms with Gasteiger partial charge in [0, 0.05) is 63.1 Å². The van der Waals surface area contributed by atoms with Crippen LogP contribution in [0.4, 0.5) is 0 Å². The Labute approximate surface area is 336 Å². The molecule has 0 saturated carbocycles. The average Bonchev–Trinajstić information content (AvgIpc) is 4.05. The van der Waals surface area contributed by atoms with Gasteiger partial charge in [0.15, 0.2) is 0 Å². The Morgan fingerprint density at radius 3 is 1.72 bits per heavy atom. The normalized spacial score (nSPS) is 25.9. The number of fused-ring (bicyclic) bond motifs is 14. The maximum atomic E-state index is 5.75. The molecule has 0 spiro atoms. The first-order chi connectivity index (χ1) is 28.0. The lowest BCUT2D eigenvalue weighted by Gasteiger charge is -2.33. The molecule has 9 aliphatic carbocycles. The van der Waals surface area contributed by atoms with E-state index >= 15 is 0 Å². The molecule has 0 fully saturated rings. The monoisotopic (exact) mass is 749 g/mol. The number of allylic oxidation sites excluding steroid dienone is 10. The van der Waals surface area contributed by atoms with E-state index in [1.165, 1.54) is 152 Å². The molecule has 6 heterocycles. The molecule has 5 heteroatoms. The van der Waals surface area contributed by atoms with Crippen molar-refractivity contribution in [3.63, 3.8) is 0 Å². The van der Waals surface area contributed by atoms with E-state index in [4.69, 9.17) is 9.97 Å². The van der Waals surface area contributed by atoms with Crippen molar-refractivity contribution in [2.24, 2.45) is 11.8 Å². The SMILES string of the molecule is CCCCC1=C(C)c2cc3nc(c4[nH]c(cc5[nH]c(cc6[nH]c(cc1n2)c1c6C2C=CC1CC2)c(CCCC)c5C)c1c4C2C=CC1CC2)C1=C3C2C=CC1CC2. The van der Waals surface area contributed by atoms with Crippen molar-refractivity contribution in [3.05, 3.63) is 117 Å². The fraction of sp³-hybridized carbons (Fsp3) is 0.423. The van der Waals surface area contributed by atoms with Gasteiger partial charge >= 0.3 is 0 Å². The summed E-state index contributed by atoms with van der Waals surface area (Å²) in [6.45, 7) is 9.29. The number of aromatic nitrogens is 5. The van der Waals surface area contributed by atoms with Gasteiger partial charge in [0.1, 0.15) is 0 Å². The Hall–Kier alpha value is -4.90. The van der Waals surface area contributed by atoms with Gasteiger partial charge in [0.2, 0.25) is 0 Å². The third kappa shape index (κ3) is 4.99. The van der Waals surface area contributed by atoms with Crippen molar-refractivity contribution in [2.45, 2.75) is 128 Å². The molecule has 6 atom stereocenters. The van der Waals surface area contributed by atoms with Crippen LogP contribution in [0.5, 0.6) is 0 Å². The van der Waals surface area contributed by atoms with Crippen LogP contribution in [0, 0.1) is 18.8 Å². The number of rotatable bonds is 6. The van der Waals surface area contributed by atoms with E-state index in [-0.39, 0.29) is 0 Å². The predicted octanol–water partition coefficient (Wildman–Crippen LogP) is 13.7. The molecule has 16 bridgehead atoms. The molecule has 4 aromatic heterocycles. The zero-order valence-corrected chi connectivity index (χ0v) is 34.1. The largest absolute Gasteiger partial charge is 0.355 e. The van der Waals surface area contributed by atoms with Crippen LogP contribution in [-0.2, 0) is 6.42 Å². The van der Waals surface area contributed by atoms with Crippen LogP contribution in [-0.4, -0.2) is 24.9 Å². The van der Waals surface area contributed by atoms with Gasteiger partial charge in [0.25, 0.3) is 0 Å². The minimum absolute atomic E-state index is 0.412. The molecule has 2 aliphatic heterocycles. The fourth-order valence-electron chi connectivity index (χ4n) is 12.4. The average molecular weight is 750 g/mol. The molecule has 4 aromatic rings. The Bertz CT molecular complexity index is 2790. The van der Waals surface area contributed by atoms with Gasteiger partial charge in [-0.1, -0.05) is 63.1 Å². The summed E-state index contributed by atoms with van der Waals surface area (Å²) < 4.78 is 0. The highest BCUT2D eigenvalue weighted by atomic mass is 14.8. The van der Waals surface area contributed by atoms with Crippen LogP contribution in [0.15, 0.2) is 60.7 Å². The number of hydrogen-bond donors (Lipinski definition) is 3. The Morgan fingerprint density at radius 2 is 1.05 bits per heavy atom. The summed E-state index contributed by atoms with van der Waals surface area (Å²) in [5.74, 6) is 2.59. The second-order valence-electron chi connectivity index (χ2n) is 18.5. The smallest absolute Gasteiger partial charge is 0.0916 e. The van der Waals surface area contributed by atoms with E-state index in [2.05, 4.69) is 103 Å². The first kappa shape index (κ1) is 34.2. The molecule has 0 radical (unpaired) electrons. The molecule has 0 aromatic carbocycles. The fourth-order valence-corrected chi connectivity index (χ4v) is 12.4. The summed E-state index contributed by atoms with van der Waals surface area (Å²) in [7, 11) is 0. The summed E-state index contributed by atoms with van der Waals surface area (Å²) in [5, 5.41) is 0. The molecule has 3 N–H and O–H groups in total. The molecule has 6 unspecified atom stereocenters. The quantitative estimate of drug-likeness (QED) is 0.172. The third-order valence-electron chi connectivity index (χ3n) is 15.4. The van der Waals surface area contributed by atoms with Crippen LogP contribution in [0.3, 0.4) is 0 Å². The first-order valence-corrected chi connectivity index (χ1v) is 22.5. The van der Waals surface area contributed by atoms with E-state index in [1.807, 2.05) is 0 Å². The van der Waals surface area contributed by atoms with Crippen LogP contribution >= 0.6 is 0 Å². The second-order valence-corrected chi connectivity index (χ2v) is 18.5. The summed E-state index contributed by atoms with van der Waals surface area (Å²) in [5.41, 5.74) is 26.6. The minimum Gasteiger partial charge on any atom is -0.355 e. The van der Waals surface area contributed by atoms with E-state index in [1.54, 1.807) is 0 Å². The highest BCUT2D eigenvalue weighted by molar-refractivity contribution is 6.03. The molecule has 0 saturated heterocycles. The van der Waals surface area contributed by atoms with Crippen molar-refractivity contribution in [1.29, 1.82) is 0 Å². The van der Waals surface area contributed by atoms with E-state index in [0.717, 1.165) is 36.3 Å². The maximum Gasteiger partial charge on any atom is 0.0916 e. The first-order valence-electron chi connectivity index (χ1n) is 22.5. The molecular weight excluding hydrogens is 695 g/mol. The molecule has 15 rings (SSSR count). The number of nitrogens with zero attached hydrogens (tertiary/aromatic N) is 2. The molecule has 5 nitrogen and oxygen atoms in total. The van der Waals surface area contributed by atoms with E-state index in [0.29, 0.717) is 35.5 Å². The lowest BCUT2D eigenvalue weighted by molar-refractivity contribution is 0.557. The number of nitrogens with one attached hydrogen (secondary N) is 3. The van der Waals surface area contributed by atoms with Crippen LogP contribution in [0.25, 0.3) is 55.4 Å². The zero-order chi connectivity index (χ0) is 38.1. The summed E-state index contributed by atoms with van der Waals surface area (Å²) in [6, 6.07) is 9.73. The Balaban J connectivity index is 1.24. The number of aromatic amines is 3. The van der Waals surface area contributed by atoms with Crippen LogP contribution in [0.2, 0.25) is 0 Å².